The zero-order valence-electron chi connectivity index (χ0n) is 11.4. The molecule has 2 rings (SSSR count). The van der Waals surface area contributed by atoms with Crippen LogP contribution >= 0.6 is 0 Å². The second-order valence-corrected chi connectivity index (χ2v) is 4.56. The van der Waals surface area contributed by atoms with E-state index in [2.05, 4.69) is 10.3 Å². The van der Waals surface area contributed by atoms with Crippen molar-refractivity contribution in [3.8, 4) is 0 Å². The molecule has 4 nitrogen and oxygen atoms in total. The van der Waals surface area contributed by atoms with Crippen LogP contribution in [0.5, 0.6) is 0 Å². The lowest BCUT2D eigenvalue weighted by Gasteiger charge is -2.09. The van der Waals surface area contributed by atoms with Crippen LogP contribution in [0.3, 0.4) is 0 Å². The maximum atomic E-state index is 13.6. The molecular weight excluding hydrogens is 257 g/mol. The monoisotopic (exact) mass is 273 g/mol. The van der Waals surface area contributed by atoms with E-state index in [1.54, 1.807) is 18.2 Å². The van der Waals surface area contributed by atoms with E-state index in [0.717, 1.165) is 11.3 Å². The van der Waals surface area contributed by atoms with Crippen LogP contribution in [-0.4, -0.2) is 10.9 Å². The molecule has 0 saturated heterocycles. The van der Waals surface area contributed by atoms with Crippen LogP contribution in [0.15, 0.2) is 30.3 Å². The summed E-state index contributed by atoms with van der Waals surface area (Å²) in [5, 5.41) is 2.55. The first-order valence-electron chi connectivity index (χ1n) is 6.33. The summed E-state index contributed by atoms with van der Waals surface area (Å²) < 4.78 is 13.6. The van der Waals surface area contributed by atoms with Crippen LogP contribution in [0.1, 0.15) is 28.5 Å². The largest absolute Gasteiger partial charge is 0.384 e. The third-order valence-electron chi connectivity index (χ3n) is 2.89. The highest BCUT2D eigenvalue weighted by Crippen LogP contribution is 2.17. The van der Waals surface area contributed by atoms with E-state index in [1.165, 1.54) is 12.1 Å². The number of amides is 1. The highest BCUT2D eigenvalue weighted by molar-refractivity contribution is 6.04. The Hall–Kier alpha value is -2.43. The Balaban J connectivity index is 2.28. The van der Waals surface area contributed by atoms with Gasteiger partial charge in [0, 0.05) is 11.3 Å². The molecule has 0 aliphatic heterocycles. The topological polar surface area (TPSA) is 68.0 Å². The number of carbonyl (C=O) groups is 1. The Morgan fingerprint density at radius 1 is 1.35 bits per heavy atom. The van der Waals surface area contributed by atoms with Crippen LogP contribution in [-0.2, 0) is 6.42 Å². The Bertz CT molecular complexity index is 656. The summed E-state index contributed by atoms with van der Waals surface area (Å²) >= 11 is 0. The quantitative estimate of drug-likeness (QED) is 0.903. The molecule has 0 spiro atoms. The first-order chi connectivity index (χ1) is 9.49. The van der Waals surface area contributed by atoms with Gasteiger partial charge < -0.3 is 11.1 Å². The molecule has 0 unspecified atom stereocenters. The van der Waals surface area contributed by atoms with Crippen LogP contribution in [0.4, 0.5) is 15.9 Å². The van der Waals surface area contributed by atoms with E-state index >= 15 is 0 Å². The highest BCUT2D eigenvalue weighted by atomic mass is 19.1. The Morgan fingerprint density at radius 3 is 2.80 bits per heavy atom. The average Bonchev–Trinajstić information content (AvgIpc) is 2.42. The van der Waals surface area contributed by atoms with Gasteiger partial charge in [0.2, 0.25) is 0 Å². The van der Waals surface area contributed by atoms with Crippen LogP contribution in [0.25, 0.3) is 0 Å². The van der Waals surface area contributed by atoms with Gasteiger partial charge >= 0.3 is 0 Å². The van der Waals surface area contributed by atoms with Crippen molar-refractivity contribution in [2.75, 3.05) is 11.1 Å². The van der Waals surface area contributed by atoms with E-state index in [1.807, 2.05) is 13.8 Å². The molecule has 104 valence electrons. The number of halogens is 1. The lowest BCUT2D eigenvalue weighted by Crippen LogP contribution is -2.14. The smallest absolute Gasteiger partial charge is 0.255 e. The van der Waals surface area contributed by atoms with E-state index in [9.17, 15) is 9.18 Å². The van der Waals surface area contributed by atoms with Gasteiger partial charge in [0.1, 0.15) is 11.6 Å². The summed E-state index contributed by atoms with van der Waals surface area (Å²) in [5.74, 6) is -0.598. The van der Waals surface area contributed by atoms with Crippen molar-refractivity contribution in [1.82, 2.24) is 4.98 Å². The van der Waals surface area contributed by atoms with Gasteiger partial charge in [0.25, 0.3) is 5.91 Å². The number of rotatable bonds is 3. The van der Waals surface area contributed by atoms with Crippen molar-refractivity contribution in [3.63, 3.8) is 0 Å². The minimum absolute atomic E-state index is 0.156. The molecule has 2 aromatic rings. The average molecular weight is 273 g/mol. The van der Waals surface area contributed by atoms with Gasteiger partial charge in [-0.25, -0.2) is 9.37 Å². The molecule has 1 heterocycles. The molecular formula is C15H16FN3O. The van der Waals surface area contributed by atoms with Crippen molar-refractivity contribution < 1.29 is 9.18 Å². The highest BCUT2D eigenvalue weighted by Gasteiger charge is 2.11. The standard InChI is InChI=1S/C15H16FN3O/c1-3-11-7-10(8-14(17)18-11)15(20)19-13-6-9(2)4-5-12(13)16/h4-8H,3H2,1-2H3,(H2,17,18)(H,19,20). The third-order valence-corrected chi connectivity index (χ3v) is 2.89. The van der Waals surface area contributed by atoms with Gasteiger partial charge in [-0.05, 0) is 43.2 Å². The fourth-order valence-electron chi connectivity index (χ4n) is 1.85. The predicted octanol–water partition coefficient (Wildman–Crippen LogP) is 2.93. The summed E-state index contributed by atoms with van der Waals surface area (Å²) in [6.45, 7) is 3.75. The SMILES string of the molecule is CCc1cc(C(=O)Nc2cc(C)ccc2F)cc(N)n1. The molecule has 0 radical (unpaired) electrons. The Kier molecular flexibility index (Phi) is 3.98. The number of nitrogen functional groups attached to an aromatic ring is 1. The van der Waals surface area contributed by atoms with Gasteiger partial charge in [-0.1, -0.05) is 13.0 Å². The molecule has 20 heavy (non-hydrogen) atoms. The first kappa shape index (κ1) is 14.0. The summed E-state index contributed by atoms with van der Waals surface area (Å²) in [7, 11) is 0. The number of nitrogens with two attached hydrogens (primary N) is 1. The summed E-state index contributed by atoms with van der Waals surface area (Å²) in [6.07, 6.45) is 0.671. The minimum Gasteiger partial charge on any atom is -0.384 e. The number of aryl methyl sites for hydroxylation is 2. The summed E-state index contributed by atoms with van der Waals surface area (Å²) in [5.41, 5.74) is 7.77. The van der Waals surface area contributed by atoms with E-state index in [4.69, 9.17) is 5.73 Å². The van der Waals surface area contributed by atoms with Gasteiger partial charge in [-0.15, -0.1) is 0 Å². The lowest BCUT2D eigenvalue weighted by molar-refractivity contribution is 0.102. The summed E-state index contributed by atoms with van der Waals surface area (Å²) in [4.78, 5) is 16.2. The van der Waals surface area contributed by atoms with Crippen LogP contribution in [0, 0.1) is 12.7 Å². The predicted molar refractivity (Wildman–Crippen MR) is 77.1 cm³/mol. The maximum Gasteiger partial charge on any atom is 0.255 e. The summed E-state index contributed by atoms with van der Waals surface area (Å²) in [6, 6.07) is 7.67. The fourth-order valence-corrected chi connectivity index (χ4v) is 1.85. The number of aromatic nitrogens is 1. The molecule has 3 N–H and O–H groups in total. The number of benzene rings is 1. The number of anilines is 2. The number of hydrogen-bond acceptors (Lipinski definition) is 3. The molecule has 0 aliphatic carbocycles. The zero-order chi connectivity index (χ0) is 14.7. The van der Waals surface area contributed by atoms with Crippen molar-refractivity contribution in [3.05, 3.63) is 53.0 Å². The van der Waals surface area contributed by atoms with Crippen molar-refractivity contribution in [2.24, 2.45) is 0 Å². The second kappa shape index (κ2) is 5.69. The van der Waals surface area contributed by atoms with Crippen LogP contribution < -0.4 is 11.1 Å². The molecule has 0 saturated carbocycles. The lowest BCUT2D eigenvalue weighted by atomic mass is 10.1. The van der Waals surface area contributed by atoms with Crippen molar-refractivity contribution >= 4 is 17.4 Å². The molecule has 1 amide bonds. The third kappa shape index (κ3) is 3.12. The van der Waals surface area contributed by atoms with Crippen molar-refractivity contribution in [1.29, 1.82) is 0 Å². The normalized spacial score (nSPS) is 10.3. The fraction of sp³-hybridized carbons (Fsp3) is 0.200. The maximum absolute atomic E-state index is 13.6. The molecule has 0 fully saturated rings. The molecule has 0 bridgehead atoms. The van der Waals surface area contributed by atoms with Gasteiger partial charge in [0.15, 0.2) is 0 Å². The van der Waals surface area contributed by atoms with E-state index in [0.29, 0.717) is 12.0 Å². The number of pyridine rings is 1. The minimum atomic E-state index is -0.471. The molecule has 5 heteroatoms. The van der Waals surface area contributed by atoms with E-state index in [-0.39, 0.29) is 11.5 Å². The second-order valence-electron chi connectivity index (χ2n) is 4.56. The number of nitrogens with zero attached hydrogens (tertiary/aromatic N) is 1. The van der Waals surface area contributed by atoms with Gasteiger partial charge in [0.05, 0.1) is 5.69 Å². The van der Waals surface area contributed by atoms with Crippen LogP contribution in [0.2, 0.25) is 0 Å². The van der Waals surface area contributed by atoms with Gasteiger partial charge in [-0.2, -0.15) is 0 Å². The Labute approximate surface area is 116 Å². The molecule has 0 aliphatic rings. The number of hydrogen-bond donors (Lipinski definition) is 2. The first-order valence-corrected chi connectivity index (χ1v) is 6.33. The van der Waals surface area contributed by atoms with E-state index < -0.39 is 11.7 Å². The van der Waals surface area contributed by atoms with Crippen molar-refractivity contribution in [2.45, 2.75) is 20.3 Å². The molecule has 1 aromatic heterocycles. The Morgan fingerprint density at radius 2 is 2.10 bits per heavy atom. The molecule has 0 atom stereocenters. The molecule has 1 aromatic carbocycles. The van der Waals surface area contributed by atoms with Gasteiger partial charge in [-0.3, -0.25) is 4.79 Å². The number of nitrogens with one attached hydrogen (secondary N) is 1. The number of carbonyl (C=O) groups excluding carboxylic acids is 1. The zero-order valence-corrected chi connectivity index (χ0v) is 11.4.